The number of anilines is 2. The number of carbonyl (C=O) groups is 3. The summed E-state index contributed by atoms with van der Waals surface area (Å²) < 4.78 is 5.36. The highest BCUT2D eigenvalue weighted by Crippen LogP contribution is 2.30. The summed E-state index contributed by atoms with van der Waals surface area (Å²) in [5.41, 5.74) is 1.14. The lowest BCUT2D eigenvalue weighted by Crippen LogP contribution is -2.47. The number of nitrogens with one attached hydrogen (secondary N) is 1. The first-order chi connectivity index (χ1) is 13.3. The molecule has 28 heavy (non-hydrogen) atoms. The Bertz CT molecular complexity index is 903. The van der Waals surface area contributed by atoms with Crippen LogP contribution in [0.1, 0.15) is 13.8 Å². The van der Waals surface area contributed by atoms with Gasteiger partial charge in [-0.2, -0.15) is 0 Å². The number of halogens is 1. The van der Waals surface area contributed by atoms with Crippen molar-refractivity contribution in [2.45, 2.75) is 30.1 Å². The maximum Gasteiger partial charge on any atom is 0.319 e. The summed E-state index contributed by atoms with van der Waals surface area (Å²) in [6, 6.07) is 14.1. The van der Waals surface area contributed by atoms with Crippen molar-refractivity contribution < 1.29 is 19.1 Å². The minimum absolute atomic E-state index is 0.118. The number of benzene rings is 2. The lowest BCUT2D eigenvalue weighted by Gasteiger charge is -2.31. The number of hydrogen-bond acceptors (Lipinski definition) is 5. The number of nitrogens with zero attached hydrogens (tertiary/aromatic N) is 1. The molecule has 0 fully saturated rings. The van der Waals surface area contributed by atoms with Crippen molar-refractivity contribution in [2.24, 2.45) is 0 Å². The van der Waals surface area contributed by atoms with E-state index in [-0.39, 0.29) is 12.5 Å². The molecule has 6 nitrogen and oxygen atoms in total. The fourth-order valence-electron chi connectivity index (χ4n) is 2.74. The number of amides is 2. The maximum absolute atomic E-state index is 12.8. The topological polar surface area (TPSA) is 75.7 Å². The van der Waals surface area contributed by atoms with E-state index in [1.54, 1.807) is 43.3 Å². The first kappa shape index (κ1) is 20.2. The van der Waals surface area contributed by atoms with E-state index < -0.39 is 23.2 Å². The molecule has 2 amide bonds. The van der Waals surface area contributed by atoms with Gasteiger partial charge in [0, 0.05) is 9.92 Å². The summed E-state index contributed by atoms with van der Waals surface area (Å²) in [5, 5.41) is 2.83. The molecular weight excluding hydrogens is 400 g/mol. The number of rotatable bonds is 5. The number of fused-ring (bicyclic) bond motifs is 1. The van der Waals surface area contributed by atoms with Crippen molar-refractivity contribution in [1.82, 2.24) is 0 Å². The molecule has 1 N–H and O–H groups in total. The van der Waals surface area contributed by atoms with E-state index in [1.807, 2.05) is 12.1 Å². The van der Waals surface area contributed by atoms with Crippen LogP contribution in [-0.4, -0.2) is 35.7 Å². The summed E-state index contributed by atoms with van der Waals surface area (Å²) in [6.07, 6.45) is -1.01. The highest BCUT2D eigenvalue weighted by molar-refractivity contribution is 8.00. The molecule has 1 heterocycles. The average Bonchev–Trinajstić information content (AvgIpc) is 2.68. The van der Waals surface area contributed by atoms with Crippen LogP contribution in [0.4, 0.5) is 11.4 Å². The molecule has 0 aliphatic carbocycles. The van der Waals surface area contributed by atoms with Crippen molar-refractivity contribution in [3.05, 3.63) is 53.6 Å². The zero-order valence-electron chi connectivity index (χ0n) is 15.3. The number of hydrogen-bond donors (Lipinski definition) is 1. The molecule has 146 valence electrons. The van der Waals surface area contributed by atoms with E-state index in [0.717, 1.165) is 4.90 Å². The average molecular weight is 419 g/mol. The summed E-state index contributed by atoms with van der Waals surface area (Å²) in [5.74, 6) is -1.24. The molecule has 0 bridgehead atoms. The van der Waals surface area contributed by atoms with E-state index in [2.05, 4.69) is 5.32 Å². The minimum Gasteiger partial charge on any atom is -0.452 e. The standard InChI is InChI=1S/C20H19ClN2O4S/c1-12(27-20(26)13(2)28-15-9-7-14(21)8-10-15)19(25)23-11-18(24)22-16-5-3-4-6-17(16)23/h3-10,12-13H,11H2,1-2H3,(H,22,24)/t12-,13+/m0/s1. The number of carbonyl (C=O) groups excluding carboxylic acids is 3. The zero-order valence-corrected chi connectivity index (χ0v) is 16.9. The highest BCUT2D eigenvalue weighted by Gasteiger charge is 2.32. The molecule has 2 aromatic rings. The van der Waals surface area contributed by atoms with E-state index in [1.165, 1.54) is 23.6 Å². The van der Waals surface area contributed by atoms with Gasteiger partial charge in [0.2, 0.25) is 5.91 Å². The van der Waals surface area contributed by atoms with Gasteiger partial charge < -0.3 is 10.1 Å². The predicted octanol–water partition coefficient (Wildman–Crippen LogP) is 3.74. The smallest absolute Gasteiger partial charge is 0.319 e. The monoisotopic (exact) mass is 418 g/mol. The van der Waals surface area contributed by atoms with Crippen LogP contribution in [0.25, 0.3) is 0 Å². The second-order valence-corrected chi connectivity index (χ2v) is 8.13. The molecule has 2 aromatic carbocycles. The van der Waals surface area contributed by atoms with Crippen molar-refractivity contribution in [2.75, 3.05) is 16.8 Å². The van der Waals surface area contributed by atoms with Crippen LogP contribution in [0.5, 0.6) is 0 Å². The second-order valence-electron chi connectivity index (χ2n) is 6.28. The second kappa shape index (κ2) is 8.67. The number of thioether (sulfide) groups is 1. The van der Waals surface area contributed by atoms with Crippen LogP contribution in [0.15, 0.2) is 53.4 Å². The third-order valence-corrected chi connectivity index (χ3v) is 5.48. The Labute approximate surface area is 172 Å². The molecule has 0 saturated carbocycles. The molecule has 0 aromatic heterocycles. The fraction of sp³-hybridized carbons (Fsp3) is 0.250. The van der Waals surface area contributed by atoms with Crippen LogP contribution in [0.2, 0.25) is 5.02 Å². The van der Waals surface area contributed by atoms with Crippen LogP contribution in [-0.2, 0) is 19.1 Å². The quantitative estimate of drug-likeness (QED) is 0.591. The Hall–Kier alpha value is -2.51. The first-order valence-electron chi connectivity index (χ1n) is 8.68. The Kier molecular flexibility index (Phi) is 6.26. The summed E-state index contributed by atoms with van der Waals surface area (Å²) in [7, 11) is 0. The van der Waals surface area contributed by atoms with E-state index in [9.17, 15) is 14.4 Å². The normalized spacial score (nSPS) is 15.2. The van der Waals surface area contributed by atoms with Crippen LogP contribution >= 0.6 is 23.4 Å². The van der Waals surface area contributed by atoms with Crippen molar-refractivity contribution >= 4 is 52.5 Å². The van der Waals surface area contributed by atoms with Gasteiger partial charge in [-0.3, -0.25) is 19.3 Å². The predicted molar refractivity (Wildman–Crippen MR) is 110 cm³/mol. The molecule has 0 saturated heterocycles. The Morgan fingerprint density at radius 3 is 2.54 bits per heavy atom. The Morgan fingerprint density at radius 2 is 1.82 bits per heavy atom. The van der Waals surface area contributed by atoms with Crippen LogP contribution < -0.4 is 10.2 Å². The van der Waals surface area contributed by atoms with Gasteiger partial charge in [-0.05, 0) is 50.2 Å². The fourth-order valence-corrected chi connectivity index (χ4v) is 3.71. The van der Waals surface area contributed by atoms with Gasteiger partial charge in [-0.15, -0.1) is 11.8 Å². The van der Waals surface area contributed by atoms with Gasteiger partial charge in [0.05, 0.1) is 11.4 Å². The van der Waals surface area contributed by atoms with Gasteiger partial charge >= 0.3 is 5.97 Å². The third-order valence-electron chi connectivity index (χ3n) is 4.14. The van der Waals surface area contributed by atoms with Gasteiger partial charge in [-0.25, -0.2) is 0 Å². The molecule has 3 rings (SSSR count). The summed E-state index contributed by atoms with van der Waals surface area (Å²) >= 11 is 7.18. The molecule has 2 atom stereocenters. The molecule has 0 unspecified atom stereocenters. The highest BCUT2D eigenvalue weighted by atomic mass is 35.5. The molecule has 0 spiro atoms. The van der Waals surface area contributed by atoms with Crippen molar-refractivity contribution in [1.29, 1.82) is 0 Å². The van der Waals surface area contributed by atoms with E-state index in [0.29, 0.717) is 16.4 Å². The lowest BCUT2D eigenvalue weighted by molar-refractivity contribution is -0.153. The SMILES string of the molecule is C[C@H](OC(=O)[C@@H](C)Sc1ccc(Cl)cc1)C(=O)N1CC(=O)Nc2ccccc21. The van der Waals surface area contributed by atoms with Gasteiger partial charge in [-0.1, -0.05) is 23.7 Å². The number of para-hydroxylation sites is 2. The van der Waals surface area contributed by atoms with Gasteiger partial charge in [0.1, 0.15) is 11.8 Å². The molecule has 0 radical (unpaired) electrons. The van der Waals surface area contributed by atoms with Gasteiger partial charge in [0.25, 0.3) is 5.91 Å². The molecule has 8 heteroatoms. The van der Waals surface area contributed by atoms with Crippen molar-refractivity contribution in [3.8, 4) is 0 Å². The van der Waals surface area contributed by atoms with Crippen LogP contribution in [0.3, 0.4) is 0 Å². The number of ether oxygens (including phenoxy) is 1. The Morgan fingerprint density at radius 1 is 1.14 bits per heavy atom. The van der Waals surface area contributed by atoms with Crippen molar-refractivity contribution in [3.63, 3.8) is 0 Å². The van der Waals surface area contributed by atoms with E-state index >= 15 is 0 Å². The first-order valence-corrected chi connectivity index (χ1v) is 9.94. The zero-order chi connectivity index (χ0) is 20.3. The summed E-state index contributed by atoms with van der Waals surface area (Å²) in [4.78, 5) is 39.3. The number of esters is 1. The minimum atomic E-state index is -1.01. The Balaban J connectivity index is 1.64. The maximum atomic E-state index is 12.8. The largest absolute Gasteiger partial charge is 0.452 e. The lowest BCUT2D eigenvalue weighted by atomic mass is 10.1. The van der Waals surface area contributed by atoms with Gasteiger partial charge in [0.15, 0.2) is 6.10 Å². The molecule has 1 aliphatic heterocycles. The van der Waals surface area contributed by atoms with E-state index in [4.69, 9.17) is 16.3 Å². The molecular formula is C20H19ClN2O4S. The molecule has 1 aliphatic rings. The summed E-state index contributed by atoms with van der Waals surface area (Å²) in [6.45, 7) is 3.10. The van der Waals surface area contributed by atoms with Crippen LogP contribution in [0, 0.1) is 0 Å². The third kappa shape index (κ3) is 4.66.